The maximum Gasteiger partial charge on any atom is 0.189 e. The molecular formula is C11H10FN3S. The van der Waals surface area contributed by atoms with Crippen LogP contribution in [0.2, 0.25) is 0 Å². The van der Waals surface area contributed by atoms with Crippen LogP contribution in [0.25, 0.3) is 11.3 Å². The minimum Gasteiger partial charge on any atom is -0.384 e. The van der Waals surface area contributed by atoms with E-state index in [4.69, 9.17) is 5.73 Å². The van der Waals surface area contributed by atoms with Crippen LogP contribution in [0, 0.1) is 5.82 Å². The van der Waals surface area contributed by atoms with E-state index in [0.717, 1.165) is 0 Å². The third-order valence-corrected chi connectivity index (χ3v) is 2.58. The maximum atomic E-state index is 13.1. The molecule has 1 heterocycles. The first kappa shape index (κ1) is 10.9. The van der Waals surface area contributed by atoms with Crippen LogP contribution in [-0.2, 0) is 0 Å². The lowest BCUT2D eigenvalue weighted by Gasteiger charge is -2.04. The Morgan fingerprint density at radius 1 is 1.25 bits per heavy atom. The van der Waals surface area contributed by atoms with Crippen molar-refractivity contribution in [3.8, 4) is 11.3 Å². The molecule has 16 heavy (non-hydrogen) atoms. The third kappa shape index (κ3) is 2.30. The summed E-state index contributed by atoms with van der Waals surface area (Å²) in [6.45, 7) is 0. The van der Waals surface area contributed by atoms with Crippen molar-refractivity contribution in [2.75, 3.05) is 12.0 Å². The van der Waals surface area contributed by atoms with E-state index in [1.54, 1.807) is 18.2 Å². The Hall–Kier alpha value is -1.62. The summed E-state index contributed by atoms with van der Waals surface area (Å²) >= 11 is 1.40. The van der Waals surface area contributed by atoms with Gasteiger partial charge >= 0.3 is 0 Å². The van der Waals surface area contributed by atoms with Crippen LogP contribution in [0.15, 0.2) is 35.5 Å². The summed E-state index contributed by atoms with van der Waals surface area (Å²) < 4.78 is 13.1. The normalized spacial score (nSPS) is 10.4. The van der Waals surface area contributed by atoms with Gasteiger partial charge in [-0.3, -0.25) is 0 Å². The Morgan fingerprint density at radius 2 is 2.06 bits per heavy atom. The molecule has 0 aliphatic heterocycles. The SMILES string of the molecule is CSc1nc(N)cc(-c2cccc(F)c2)n1. The van der Waals surface area contributed by atoms with Crippen molar-refractivity contribution in [2.45, 2.75) is 5.16 Å². The highest BCUT2D eigenvalue weighted by Gasteiger charge is 2.05. The van der Waals surface area contributed by atoms with E-state index in [2.05, 4.69) is 9.97 Å². The highest BCUT2D eigenvalue weighted by Crippen LogP contribution is 2.22. The Bertz CT molecular complexity index is 516. The average Bonchev–Trinajstić information content (AvgIpc) is 2.28. The number of nitrogen functional groups attached to an aromatic ring is 1. The number of benzene rings is 1. The molecule has 2 rings (SSSR count). The zero-order valence-corrected chi connectivity index (χ0v) is 9.46. The third-order valence-electron chi connectivity index (χ3n) is 2.03. The Kier molecular flexibility index (Phi) is 3.05. The number of thioether (sulfide) groups is 1. The van der Waals surface area contributed by atoms with Crippen molar-refractivity contribution in [3.63, 3.8) is 0 Å². The largest absolute Gasteiger partial charge is 0.384 e. The molecule has 82 valence electrons. The zero-order chi connectivity index (χ0) is 11.5. The first-order valence-electron chi connectivity index (χ1n) is 4.63. The van der Waals surface area contributed by atoms with Crippen molar-refractivity contribution >= 4 is 17.6 Å². The summed E-state index contributed by atoms with van der Waals surface area (Å²) in [5, 5.41) is 0.583. The van der Waals surface area contributed by atoms with Gasteiger partial charge in [0.1, 0.15) is 11.6 Å². The minimum atomic E-state index is -0.291. The van der Waals surface area contributed by atoms with Crippen molar-refractivity contribution in [2.24, 2.45) is 0 Å². The molecule has 0 aliphatic carbocycles. The minimum absolute atomic E-state index is 0.291. The number of hydrogen-bond donors (Lipinski definition) is 1. The van der Waals surface area contributed by atoms with Gasteiger partial charge in [-0.1, -0.05) is 23.9 Å². The van der Waals surface area contributed by atoms with Gasteiger partial charge < -0.3 is 5.73 Å². The van der Waals surface area contributed by atoms with E-state index in [-0.39, 0.29) is 5.82 Å². The fourth-order valence-electron chi connectivity index (χ4n) is 1.33. The molecule has 5 heteroatoms. The number of anilines is 1. The van der Waals surface area contributed by atoms with Gasteiger partial charge in [0.05, 0.1) is 5.69 Å². The molecule has 3 nitrogen and oxygen atoms in total. The molecule has 0 spiro atoms. The predicted molar refractivity (Wildman–Crippen MR) is 63.6 cm³/mol. The van der Waals surface area contributed by atoms with E-state index in [9.17, 15) is 4.39 Å². The second kappa shape index (κ2) is 4.49. The highest BCUT2D eigenvalue weighted by molar-refractivity contribution is 7.98. The molecule has 0 radical (unpaired) electrons. The summed E-state index contributed by atoms with van der Waals surface area (Å²) in [6, 6.07) is 7.88. The van der Waals surface area contributed by atoms with Crippen molar-refractivity contribution in [3.05, 3.63) is 36.1 Å². The zero-order valence-electron chi connectivity index (χ0n) is 8.64. The Labute approximate surface area is 96.9 Å². The average molecular weight is 235 g/mol. The Balaban J connectivity index is 2.51. The molecule has 1 aromatic carbocycles. The fourth-order valence-corrected chi connectivity index (χ4v) is 1.72. The predicted octanol–water partition coefficient (Wildman–Crippen LogP) is 2.59. The Morgan fingerprint density at radius 3 is 2.75 bits per heavy atom. The molecule has 0 bridgehead atoms. The second-order valence-electron chi connectivity index (χ2n) is 3.18. The van der Waals surface area contributed by atoms with Crippen LogP contribution in [0.3, 0.4) is 0 Å². The molecule has 0 atom stereocenters. The topological polar surface area (TPSA) is 51.8 Å². The van der Waals surface area contributed by atoms with Gasteiger partial charge in [-0.05, 0) is 18.4 Å². The number of nitrogens with zero attached hydrogens (tertiary/aromatic N) is 2. The number of hydrogen-bond acceptors (Lipinski definition) is 4. The molecule has 0 fully saturated rings. The second-order valence-corrected chi connectivity index (χ2v) is 3.95. The van der Waals surface area contributed by atoms with Crippen LogP contribution in [0.5, 0.6) is 0 Å². The maximum absolute atomic E-state index is 13.1. The lowest BCUT2D eigenvalue weighted by Crippen LogP contribution is -1.96. The highest BCUT2D eigenvalue weighted by atomic mass is 32.2. The van der Waals surface area contributed by atoms with Crippen molar-refractivity contribution in [1.82, 2.24) is 9.97 Å². The molecular weight excluding hydrogens is 225 g/mol. The summed E-state index contributed by atoms with van der Waals surface area (Å²) in [4.78, 5) is 8.30. The molecule has 1 aromatic heterocycles. The summed E-state index contributed by atoms with van der Waals surface area (Å²) in [5.74, 6) is 0.0963. The van der Waals surface area contributed by atoms with Gasteiger partial charge in [-0.15, -0.1) is 0 Å². The van der Waals surface area contributed by atoms with Gasteiger partial charge in [-0.2, -0.15) is 0 Å². The van der Waals surface area contributed by atoms with Gasteiger partial charge in [0.25, 0.3) is 0 Å². The standard InChI is InChI=1S/C11H10FN3S/c1-16-11-14-9(6-10(13)15-11)7-3-2-4-8(12)5-7/h2-6H,1H3,(H2,13,14,15). The molecule has 2 aromatic rings. The molecule has 2 N–H and O–H groups in total. The lowest BCUT2D eigenvalue weighted by molar-refractivity contribution is 0.628. The van der Waals surface area contributed by atoms with Gasteiger partial charge in [-0.25, -0.2) is 14.4 Å². The van der Waals surface area contributed by atoms with Crippen LogP contribution in [0.1, 0.15) is 0 Å². The van der Waals surface area contributed by atoms with Gasteiger partial charge in [0, 0.05) is 11.6 Å². The van der Waals surface area contributed by atoms with E-state index >= 15 is 0 Å². The van der Waals surface area contributed by atoms with Crippen LogP contribution in [0.4, 0.5) is 10.2 Å². The quantitative estimate of drug-likeness (QED) is 0.642. The first-order chi connectivity index (χ1) is 7.69. The lowest BCUT2D eigenvalue weighted by atomic mass is 10.1. The van der Waals surface area contributed by atoms with Crippen LogP contribution < -0.4 is 5.73 Å². The summed E-state index contributed by atoms with van der Waals surface area (Å²) in [5.41, 5.74) is 6.99. The summed E-state index contributed by atoms with van der Waals surface area (Å²) in [6.07, 6.45) is 1.87. The molecule has 0 saturated heterocycles. The van der Waals surface area contributed by atoms with Gasteiger partial charge in [0.2, 0.25) is 0 Å². The number of rotatable bonds is 2. The van der Waals surface area contributed by atoms with Crippen molar-refractivity contribution in [1.29, 1.82) is 0 Å². The molecule has 0 aliphatic rings. The monoisotopic (exact) mass is 235 g/mol. The molecule has 0 amide bonds. The van der Waals surface area contributed by atoms with E-state index in [0.29, 0.717) is 22.2 Å². The summed E-state index contributed by atoms with van der Waals surface area (Å²) in [7, 11) is 0. The van der Waals surface area contributed by atoms with E-state index < -0.39 is 0 Å². The molecule has 0 saturated carbocycles. The van der Waals surface area contributed by atoms with Crippen molar-refractivity contribution < 1.29 is 4.39 Å². The number of nitrogens with two attached hydrogens (primary N) is 1. The first-order valence-corrected chi connectivity index (χ1v) is 5.86. The van der Waals surface area contributed by atoms with Crippen LogP contribution >= 0.6 is 11.8 Å². The van der Waals surface area contributed by atoms with Crippen LogP contribution in [-0.4, -0.2) is 16.2 Å². The smallest absolute Gasteiger partial charge is 0.189 e. The molecule has 0 unspecified atom stereocenters. The number of aromatic nitrogens is 2. The number of halogens is 1. The van der Waals surface area contributed by atoms with E-state index in [1.807, 2.05) is 6.26 Å². The van der Waals surface area contributed by atoms with E-state index in [1.165, 1.54) is 23.9 Å². The van der Waals surface area contributed by atoms with Gasteiger partial charge in [0.15, 0.2) is 5.16 Å². The fraction of sp³-hybridized carbons (Fsp3) is 0.0909.